The largest absolute Gasteiger partial charge is 0.381 e. The van der Waals surface area contributed by atoms with E-state index in [2.05, 4.69) is 12.2 Å². The molecule has 0 atom stereocenters. The summed E-state index contributed by atoms with van der Waals surface area (Å²) in [5, 5.41) is 4.09. The predicted octanol–water partition coefficient (Wildman–Crippen LogP) is 3.82. The summed E-state index contributed by atoms with van der Waals surface area (Å²) in [4.78, 5) is 0. The molecule has 20 heavy (non-hydrogen) atoms. The predicted molar refractivity (Wildman–Crippen MR) is 80.8 cm³/mol. The van der Waals surface area contributed by atoms with E-state index in [1.54, 1.807) is 12.1 Å². The van der Waals surface area contributed by atoms with E-state index in [4.69, 9.17) is 16.3 Å². The van der Waals surface area contributed by atoms with Crippen molar-refractivity contribution in [1.82, 2.24) is 5.32 Å². The first kappa shape index (κ1) is 15.7. The summed E-state index contributed by atoms with van der Waals surface area (Å²) < 4.78 is 19.4. The minimum atomic E-state index is -0.157. The Kier molecular flexibility index (Phi) is 5.82. The molecule has 0 aromatic heterocycles. The van der Waals surface area contributed by atoms with Gasteiger partial charge >= 0.3 is 0 Å². The van der Waals surface area contributed by atoms with Crippen molar-refractivity contribution in [2.45, 2.75) is 32.6 Å². The Balaban J connectivity index is 2.12. The summed E-state index contributed by atoms with van der Waals surface area (Å²) in [6, 6.07) is 4.82. The van der Waals surface area contributed by atoms with E-state index in [0.29, 0.717) is 5.02 Å². The first-order valence-corrected chi connectivity index (χ1v) is 7.75. The molecule has 1 heterocycles. The first-order valence-electron chi connectivity index (χ1n) is 7.38. The summed E-state index contributed by atoms with van der Waals surface area (Å²) in [6.07, 6.45) is 3.77. The average molecular weight is 300 g/mol. The number of hydrogen-bond donors (Lipinski definition) is 1. The van der Waals surface area contributed by atoms with E-state index < -0.39 is 0 Å². The van der Waals surface area contributed by atoms with Crippen molar-refractivity contribution in [3.63, 3.8) is 0 Å². The van der Waals surface area contributed by atoms with Gasteiger partial charge < -0.3 is 10.1 Å². The maximum absolute atomic E-state index is 14.0. The van der Waals surface area contributed by atoms with Gasteiger partial charge in [-0.3, -0.25) is 0 Å². The van der Waals surface area contributed by atoms with Crippen LogP contribution in [0.3, 0.4) is 0 Å². The molecule has 0 bridgehead atoms. The fourth-order valence-electron chi connectivity index (χ4n) is 2.83. The average Bonchev–Trinajstić information content (AvgIpc) is 2.44. The molecule has 1 aliphatic rings. The number of nitrogens with one attached hydrogen (secondary N) is 1. The van der Waals surface area contributed by atoms with Crippen molar-refractivity contribution in [2.24, 2.45) is 5.41 Å². The molecule has 1 aromatic carbocycles. The molecule has 0 amide bonds. The Morgan fingerprint density at radius 2 is 2.10 bits per heavy atom. The summed E-state index contributed by atoms with van der Waals surface area (Å²) in [7, 11) is 0. The smallest absolute Gasteiger partial charge is 0.126 e. The zero-order valence-electron chi connectivity index (χ0n) is 12.1. The van der Waals surface area contributed by atoms with Gasteiger partial charge in [-0.25, -0.2) is 4.39 Å². The highest BCUT2D eigenvalue weighted by molar-refractivity contribution is 6.30. The monoisotopic (exact) mass is 299 g/mol. The third-order valence-electron chi connectivity index (χ3n) is 4.05. The van der Waals surface area contributed by atoms with Crippen LogP contribution in [0.25, 0.3) is 0 Å². The lowest BCUT2D eigenvalue weighted by Gasteiger charge is -2.38. The fourth-order valence-corrected chi connectivity index (χ4v) is 3.03. The van der Waals surface area contributed by atoms with Crippen LogP contribution in [0.15, 0.2) is 18.2 Å². The van der Waals surface area contributed by atoms with Crippen molar-refractivity contribution in [1.29, 1.82) is 0 Å². The highest BCUT2D eigenvalue weighted by Gasteiger charge is 2.33. The zero-order chi connectivity index (χ0) is 14.4. The van der Waals surface area contributed by atoms with Gasteiger partial charge in [-0.15, -0.1) is 0 Å². The van der Waals surface area contributed by atoms with Crippen LogP contribution in [0.2, 0.25) is 5.02 Å². The Morgan fingerprint density at radius 1 is 1.35 bits per heavy atom. The second kappa shape index (κ2) is 7.39. The lowest BCUT2D eigenvalue weighted by atomic mass is 9.75. The maximum atomic E-state index is 14.0. The van der Waals surface area contributed by atoms with Crippen LogP contribution in [0.1, 0.15) is 31.7 Å². The quantitative estimate of drug-likeness (QED) is 0.806. The van der Waals surface area contributed by atoms with Gasteiger partial charge in [0.05, 0.1) is 0 Å². The molecule has 1 N–H and O–H groups in total. The molecular formula is C16H23ClFNO. The maximum Gasteiger partial charge on any atom is 0.126 e. The fraction of sp³-hybridized carbons (Fsp3) is 0.625. The van der Waals surface area contributed by atoms with E-state index in [0.717, 1.165) is 57.6 Å². The lowest BCUT2D eigenvalue weighted by Crippen LogP contribution is -2.41. The molecule has 0 saturated carbocycles. The van der Waals surface area contributed by atoms with Gasteiger partial charge in [0.1, 0.15) is 5.82 Å². The molecular weight excluding hydrogens is 277 g/mol. The minimum absolute atomic E-state index is 0.0823. The van der Waals surface area contributed by atoms with Crippen molar-refractivity contribution >= 4 is 11.6 Å². The molecule has 1 aromatic rings. The second-order valence-electron chi connectivity index (χ2n) is 5.70. The number of hydrogen-bond acceptors (Lipinski definition) is 2. The van der Waals surface area contributed by atoms with Crippen LogP contribution in [-0.4, -0.2) is 26.3 Å². The SMILES string of the molecule is CCCNCC1(Cc2cc(Cl)ccc2F)CCOCC1. The molecule has 2 rings (SSSR count). The third kappa shape index (κ3) is 4.18. The molecule has 112 valence electrons. The molecule has 1 saturated heterocycles. The molecule has 0 aliphatic carbocycles. The highest BCUT2D eigenvalue weighted by Crippen LogP contribution is 2.35. The molecule has 0 radical (unpaired) electrons. The van der Waals surface area contributed by atoms with E-state index in [1.807, 2.05) is 0 Å². The van der Waals surface area contributed by atoms with Crippen molar-refractivity contribution < 1.29 is 9.13 Å². The molecule has 1 aliphatic heterocycles. The van der Waals surface area contributed by atoms with Gasteiger partial charge in [0.15, 0.2) is 0 Å². The normalized spacial score (nSPS) is 18.1. The zero-order valence-corrected chi connectivity index (χ0v) is 12.8. The van der Waals surface area contributed by atoms with Crippen LogP contribution in [-0.2, 0) is 11.2 Å². The number of rotatable bonds is 6. The Bertz CT molecular complexity index is 432. The summed E-state index contributed by atoms with van der Waals surface area (Å²) >= 11 is 6.00. The molecule has 1 fully saturated rings. The summed E-state index contributed by atoms with van der Waals surface area (Å²) in [5.41, 5.74) is 0.802. The van der Waals surface area contributed by atoms with Gasteiger partial charge in [-0.1, -0.05) is 18.5 Å². The molecule has 0 unspecified atom stereocenters. The Morgan fingerprint density at radius 3 is 2.80 bits per heavy atom. The Hall–Kier alpha value is -0.640. The third-order valence-corrected chi connectivity index (χ3v) is 4.29. The van der Waals surface area contributed by atoms with Crippen LogP contribution < -0.4 is 5.32 Å². The standard InChI is InChI=1S/C16H23ClFNO/c1-2-7-19-12-16(5-8-20-9-6-16)11-13-10-14(17)3-4-15(13)18/h3-4,10,19H,2,5-9,11-12H2,1H3. The van der Waals surface area contributed by atoms with Crippen LogP contribution in [0.5, 0.6) is 0 Å². The van der Waals surface area contributed by atoms with Gasteiger partial charge in [-0.2, -0.15) is 0 Å². The second-order valence-corrected chi connectivity index (χ2v) is 6.14. The van der Waals surface area contributed by atoms with Crippen LogP contribution in [0.4, 0.5) is 4.39 Å². The number of benzene rings is 1. The first-order chi connectivity index (χ1) is 9.65. The summed E-state index contributed by atoms with van der Waals surface area (Å²) in [5.74, 6) is -0.157. The van der Waals surface area contributed by atoms with Crippen molar-refractivity contribution in [2.75, 3.05) is 26.3 Å². The number of ether oxygens (including phenoxy) is 1. The van der Waals surface area contributed by atoms with Gasteiger partial charge in [0.2, 0.25) is 0 Å². The molecule has 0 spiro atoms. The number of halogens is 2. The van der Waals surface area contributed by atoms with Crippen LogP contribution in [0, 0.1) is 11.2 Å². The Labute approximate surface area is 125 Å². The minimum Gasteiger partial charge on any atom is -0.381 e. The van der Waals surface area contributed by atoms with Crippen molar-refractivity contribution in [3.05, 3.63) is 34.6 Å². The van der Waals surface area contributed by atoms with E-state index in [9.17, 15) is 4.39 Å². The van der Waals surface area contributed by atoms with Gasteiger partial charge in [-0.05, 0) is 61.4 Å². The lowest BCUT2D eigenvalue weighted by molar-refractivity contribution is 0.0146. The van der Waals surface area contributed by atoms with E-state index in [1.165, 1.54) is 6.07 Å². The van der Waals surface area contributed by atoms with Gasteiger partial charge in [0, 0.05) is 24.8 Å². The summed E-state index contributed by atoms with van der Waals surface area (Å²) in [6.45, 7) is 5.59. The van der Waals surface area contributed by atoms with Crippen LogP contribution >= 0.6 is 11.6 Å². The topological polar surface area (TPSA) is 21.3 Å². The van der Waals surface area contributed by atoms with Crippen molar-refractivity contribution in [3.8, 4) is 0 Å². The molecule has 4 heteroatoms. The van der Waals surface area contributed by atoms with E-state index >= 15 is 0 Å². The van der Waals surface area contributed by atoms with E-state index in [-0.39, 0.29) is 11.2 Å². The van der Waals surface area contributed by atoms with Gasteiger partial charge in [0.25, 0.3) is 0 Å². The molecule has 2 nitrogen and oxygen atoms in total. The highest BCUT2D eigenvalue weighted by atomic mass is 35.5.